The van der Waals surface area contributed by atoms with E-state index in [1.807, 2.05) is 32.0 Å². The van der Waals surface area contributed by atoms with Gasteiger partial charge in [0.2, 0.25) is 0 Å². The van der Waals surface area contributed by atoms with Gasteiger partial charge in [-0.15, -0.1) is 4.72 Å². The van der Waals surface area contributed by atoms with Crippen LogP contribution in [0.1, 0.15) is 49.9 Å². The van der Waals surface area contributed by atoms with Crippen LogP contribution in [0.4, 0.5) is 4.39 Å². The Balaban J connectivity index is 2.60. The minimum Gasteiger partial charge on any atom is -0.598 e. The number of nitrogens with one attached hydrogen (secondary N) is 1. The van der Waals surface area contributed by atoms with Crippen molar-refractivity contribution in [1.82, 2.24) is 4.72 Å². The summed E-state index contributed by atoms with van der Waals surface area (Å²) in [4.78, 5) is 11.4. The molecule has 2 unspecified atom stereocenters. The van der Waals surface area contributed by atoms with Crippen LogP contribution in [-0.4, -0.2) is 20.4 Å². The summed E-state index contributed by atoms with van der Waals surface area (Å²) in [5.74, 6) is -1.84. The highest BCUT2D eigenvalue weighted by Crippen LogP contribution is 2.35. The highest BCUT2D eigenvalue weighted by Gasteiger charge is 2.32. The average molecular weight is 426 g/mol. The Kier molecular flexibility index (Phi) is 7.15. The first-order valence-corrected chi connectivity index (χ1v) is 10.4. The molecule has 2 atom stereocenters. The lowest BCUT2D eigenvalue weighted by molar-refractivity contribution is -0.137. The number of rotatable bonds is 6. The zero-order valence-electron chi connectivity index (χ0n) is 16.6. The van der Waals surface area contributed by atoms with Gasteiger partial charge in [0.15, 0.2) is 0 Å². The Hall–Kier alpha value is -1.60. The number of benzene rings is 2. The summed E-state index contributed by atoms with van der Waals surface area (Å²) in [6.45, 7) is 9.15. The molecule has 0 spiro atoms. The van der Waals surface area contributed by atoms with Gasteiger partial charge in [-0.3, -0.25) is 4.79 Å². The van der Waals surface area contributed by atoms with Crippen LogP contribution in [0, 0.1) is 19.7 Å². The maximum absolute atomic E-state index is 14.9. The fourth-order valence-corrected chi connectivity index (χ4v) is 4.02. The van der Waals surface area contributed by atoms with E-state index in [2.05, 4.69) is 4.72 Å². The molecule has 0 aliphatic rings. The molecule has 0 fully saturated rings. The van der Waals surface area contributed by atoms with Gasteiger partial charge in [-0.05, 0) is 69.0 Å². The van der Waals surface area contributed by atoms with Gasteiger partial charge in [0.1, 0.15) is 10.6 Å². The number of aliphatic carboxylic acids is 1. The molecule has 28 heavy (non-hydrogen) atoms. The van der Waals surface area contributed by atoms with Crippen molar-refractivity contribution in [3.05, 3.63) is 57.9 Å². The Morgan fingerprint density at radius 3 is 2.36 bits per heavy atom. The van der Waals surface area contributed by atoms with Crippen molar-refractivity contribution in [2.75, 3.05) is 0 Å². The van der Waals surface area contributed by atoms with E-state index in [4.69, 9.17) is 11.6 Å². The molecule has 0 saturated carbocycles. The molecular formula is C21H25ClFNO3S. The number of carbonyl (C=O) groups is 1. The SMILES string of the molecule is Cc1cccc(C)c1-c1cc(Cl)c(F)c(C(CC(=O)O)N[S+]([O-])C(C)(C)C)c1. The second-order valence-electron chi connectivity index (χ2n) is 7.78. The minimum absolute atomic E-state index is 0.0881. The first-order chi connectivity index (χ1) is 12.9. The lowest BCUT2D eigenvalue weighted by atomic mass is 9.92. The molecule has 0 bridgehead atoms. The molecular weight excluding hydrogens is 401 g/mol. The van der Waals surface area contributed by atoms with E-state index >= 15 is 0 Å². The van der Waals surface area contributed by atoms with Gasteiger partial charge in [-0.2, -0.15) is 0 Å². The summed E-state index contributed by atoms with van der Waals surface area (Å²) >= 11 is 4.57. The van der Waals surface area contributed by atoms with E-state index in [9.17, 15) is 18.8 Å². The lowest BCUT2D eigenvalue weighted by Crippen LogP contribution is -2.42. The van der Waals surface area contributed by atoms with Crippen LogP contribution in [-0.2, 0) is 16.2 Å². The fourth-order valence-electron chi connectivity index (χ4n) is 2.97. The molecule has 152 valence electrons. The number of carboxylic acids is 1. The summed E-state index contributed by atoms with van der Waals surface area (Å²) in [6, 6.07) is 7.97. The predicted octanol–water partition coefficient (Wildman–Crippen LogP) is 5.33. The second kappa shape index (κ2) is 8.82. The molecule has 0 saturated heterocycles. The Morgan fingerprint density at radius 1 is 1.29 bits per heavy atom. The molecule has 0 amide bonds. The Morgan fingerprint density at radius 2 is 1.86 bits per heavy atom. The quantitative estimate of drug-likeness (QED) is 0.613. The van der Waals surface area contributed by atoms with Gasteiger partial charge in [0, 0.05) is 16.9 Å². The first-order valence-electron chi connectivity index (χ1n) is 8.87. The summed E-state index contributed by atoms with van der Waals surface area (Å²) < 4.78 is 29.6. The highest BCUT2D eigenvalue weighted by molar-refractivity contribution is 7.90. The molecule has 7 heteroatoms. The van der Waals surface area contributed by atoms with E-state index in [1.165, 1.54) is 6.07 Å². The molecule has 0 heterocycles. The number of carboxylic acid groups (broad SMARTS) is 1. The minimum atomic E-state index is -1.58. The summed E-state index contributed by atoms with van der Waals surface area (Å²) in [5, 5.41) is 9.20. The first kappa shape index (κ1) is 22.7. The maximum atomic E-state index is 14.9. The smallest absolute Gasteiger partial charge is 0.305 e. The molecule has 4 nitrogen and oxygen atoms in total. The second-order valence-corrected chi connectivity index (χ2v) is 10.2. The molecule has 2 aromatic rings. The van der Waals surface area contributed by atoms with Gasteiger partial charge in [-0.25, -0.2) is 4.39 Å². The Bertz CT molecular complexity index is 862. The largest absolute Gasteiger partial charge is 0.598 e. The van der Waals surface area contributed by atoms with E-state index in [0.717, 1.165) is 16.7 Å². The number of aryl methyl sites for hydroxylation is 2. The van der Waals surface area contributed by atoms with Crippen molar-refractivity contribution < 1.29 is 18.8 Å². The van der Waals surface area contributed by atoms with Gasteiger partial charge in [0.05, 0.1) is 17.5 Å². The number of halogens is 2. The molecule has 0 radical (unpaired) electrons. The van der Waals surface area contributed by atoms with E-state index in [-0.39, 0.29) is 10.6 Å². The van der Waals surface area contributed by atoms with Crippen molar-refractivity contribution in [3.8, 4) is 11.1 Å². The van der Waals surface area contributed by atoms with Gasteiger partial charge >= 0.3 is 5.97 Å². The van der Waals surface area contributed by atoms with Crippen LogP contribution >= 0.6 is 11.6 Å². The van der Waals surface area contributed by atoms with Gasteiger partial charge < -0.3 is 9.66 Å². The van der Waals surface area contributed by atoms with Crippen molar-refractivity contribution in [2.24, 2.45) is 0 Å². The molecule has 0 aromatic heterocycles. The van der Waals surface area contributed by atoms with Crippen LogP contribution in [0.5, 0.6) is 0 Å². The third-order valence-corrected chi connectivity index (χ3v) is 6.27. The predicted molar refractivity (Wildman–Crippen MR) is 112 cm³/mol. The van der Waals surface area contributed by atoms with Crippen molar-refractivity contribution in [1.29, 1.82) is 0 Å². The topological polar surface area (TPSA) is 72.4 Å². The van der Waals surface area contributed by atoms with Gasteiger partial charge in [0.25, 0.3) is 0 Å². The molecule has 2 rings (SSSR count). The summed E-state index contributed by atoms with van der Waals surface area (Å²) in [6.07, 6.45) is -0.425. The standard InChI is InChI=1S/C21H25ClFNO3S/c1-12-7-6-8-13(2)19(12)14-9-15(20(23)16(22)10-14)17(11-18(25)26)24-28(27)21(3,4)5/h6-10,17,24H,11H2,1-5H3,(H,25,26). The van der Waals surface area contributed by atoms with Crippen LogP contribution in [0.2, 0.25) is 5.02 Å². The lowest BCUT2D eigenvalue weighted by Gasteiger charge is -2.28. The van der Waals surface area contributed by atoms with Crippen LogP contribution in [0.3, 0.4) is 0 Å². The zero-order chi connectivity index (χ0) is 21.2. The van der Waals surface area contributed by atoms with Crippen LogP contribution in [0.15, 0.2) is 30.3 Å². The average Bonchev–Trinajstić information content (AvgIpc) is 2.55. The summed E-state index contributed by atoms with van der Waals surface area (Å²) in [5.41, 5.74) is 3.68. The third-order valence-electron chi connectivity index (χ3n) is 4.39. The van der Waals surface area contributed by atoms with Crippen molar-refractivity contribution in [2.45, 2.75) is 51.8 Å². The zero-order valence-corrected chi connectivity index (χ0v) is 18.2. The number of hydrogen-bond acceptors (Lipinski definition) is 3. The third kappa shape index (κ3) is 5.26. The normalized spacial score (nSPS) is 14.0. The fraction of sp³-hybridized carbons (Fsp3) is 0.381. The van der Waals surface area contributed by atoms with Crippen molar-refractivity contribution >= 4 is 28.9 Å². The van der Waals surface area contributed by atoms with Gasteiger partial charge in [-0.1, -0.05) is 29.8 Å². The van der Waals surface area contributed by atoms with E-state index < -0.39 is 40.4 Å². The van der Waals surface area contributed by atoms with Crippen LogP contribution in [0.25, 0.3) is 11.1 Å². The van der Waals surface area contributed by atoms with Crippen LogP contribution < -0.4 is 4.72 Å². The summed E-state index contributed by atoms with van der Waals surface area (Å²) in [7, 11) is 0. The maximum Gasteiger partial charge on any atom is 0.305 e. The van der Waals surface area contributed by atoms with Crippen molar-refractivity contribution in [3.63, 3.8) is 0 Å². The highest BCUT2D eigenvalue weighted by atomic mass is 35.5. The monoisotopic (exact) mass is 425 g/mol. The number of hydrogen-bond donors (Lipinski definition) is 2. The molecule has 0 aliphatic heterocycles. The molecule has 0 aliphatic carbocycles. The van der Waals surface area contributed by atoms with E-state index in [1.54, 1.807) is 26.8 Å². The molecule has 2 aromatic carbocycles. The van der Waals surface area contributed by atoms with E-state index in [0.29, 0.717) is 5.56 Å². The molecule has 2 N–H and O–H groups in total. The Labute approximate surface area is 173 Å².